The van der Waals surface area contributed by atoms with Crippen LogP contribution in [0.2, 0.25) is 0 Å². The maximum absolute atomic E-state index is 12.5. The predicted molar refractivity (Wildman–Crippen MR) is 94.9 cm³/mol. The summed E-state index contributed by atoms with van der Waals surface area (Å²) in [6.45, 7) is 6.95. The fourth-order valence-corrected chi connectivity index (χ4v) is 4.34. The molecule has 25 heavy (non-hydrogen) atoms. The molecule has 0 N–H and O–H groups in total. The summed E-state index contributed by atoms with van der Waals surface area (Å²) in [5, 5.41) is 8.58. The van der Waals surface area contributed by atoms with Gasteiger partial charge in [0.05, 0.1) is 12.6 Å². The summed E-state index contributed by atoms with van der Waals surface area (Å²) in [4.78, 5) is 27.2. The van der Waals surface area contributed by atoms with Crippen molar-refractivity contribution in [3.63, 3.8) is 0 Å². The van der Waals surface area contributed by atoms with E-state index in [1.54, 1.807) is 11.3 Å². The first-order chi connectivity index (χ1) is 12.0. The molecule has 0 amide bonds. The molecule has 2 aromatic heterocycles. The molecule has 7 nitrogen and oxygen atoms in total. The van der Waals surface area contributed by atoms with E-state index in [9.17, 15) is 9.59 Å². The van der Waals surface area contributed by atoms with Gasteiger partial charge in [0.15, 0.2) is 5.82 Å². The highest BCUT2D eigenvalue weighted by molar-refractivity contribution is 7.07. The fraction of sp³-hybridized carbons (Fsp3) is 0.588. The Morgan fingerprint density at radius 1 is 1.32 bits per heavy atom. The maximum Gasteiger partial charge on any atom is 0.332 e. The first-order valence-corrected chi connectivity index (χ1v) is 9.52. The van der Waals surface area contributed by atoms with Crippen LogP contribution in [0.15, 0.2) is 26.4 Å². The first kappa shape index (κ1) is 16.7. The second-order valence-electron chi connectivity index (χ2n) is 7.21. The van der Waals surface area contributed by atoms with Crippen LogP contribution in [0, 0.1) is 0 Å². The van der Waals surface area contributed by atoms with E-state index in [2.05, 4.69) is 26.8 Å². The lowest BCUT2D eigenvalue weighted by Gasteiger charge is -2.35. The number of hydrogen-bond acceptors (Lipinski definition) is 6. The molecule has 0 aliphatic carbocycles. The minimum Gasteiger partial charge on any atom is -0.364 e. The molecule has 1 atom stereocenters. The van der Waals surface area contributed by atoms with Gasteiger partial charge in [0, 0.05) is 19.6 Å². The van der Waals surface area contributed by atoms with E-state index >= 15 is 0 Å². The molecule has 0 aromatic carbocycles. The molecule has 0 radical (unpaired) electrons. The monoisotopic (exact) mass is 362 g/mol. The molecule has 0 unspecified atom stereocenters. The molecule has 0 saturated carbocycles. The van der Waals surface area contributed by atoms with Crippen molar-refractivity contribution in [2.24, 2.45) is 0 Å². The summed E-state index contributed by atoms with van der Waals surface area (Å²) < 4.78 is 8.94. The Morgan fingerprint density at radius 3 is 2.88 bits per heavy atom. The van der Waals surface area contributed by atoms with Crippen molar-refractivity contribution in [2.75, 3.05) is 13.1 Å². The van der Waals surface area contributed by atoms with Crippen molar-refractivity contribution >= 4 is 11.3 Å². The fourth-order valence-electron chi connectivity index (χ4n) is 3.68. The minimum atomic E-state index is -0.552. The van der Waals surface area contributed by atoms with Crippen molar-refractivity contribution in [2.45, 2.75) is 51.6 Å². The molecule has 0 bridgehead atoms. The van der Waals surface area contributed by atoms with Gasteiger partial charge in [-0.15, -0.1) is 0 Å². The summed E-state index contributed by atoms with van der Waals surface area (Å²) in [7, 11) is 0. The molecule has 8 heteroatoms. The zero-order valence-electron chi connectivity index (χ0n) is 14.5. The van der Waals surface area contributed by atoms with Crippen LogP contribution < -0.4 is 11.1 Å². The predicted octanol–water partition coefficient (Wildman–Crippen LogP) is 1.22. The Labute approximate surface area is 149 Å². The van der Waals surface area contributed by atoms with E-state index < -0.39 is 16.7 Å². The van der Waals surface area contributed by atoms with E-state index in [0.29, 0.717) is 12.4 Å². The van der Waals surface area contributed by atoms with Crippen LogP contribution in [0.3, 0.4) is 0 Å². The van der Waals surface area contributed by atoms with Gasteiger partial charge in [0.1, 0.15) is 12.2 Å². The first-order valence-electron chi connectivity index (χ1n) is 8.57. The molecular formula is C17H22N4O3S. The number of ether oxygens (including phenoxy) is 1. The van der Waals surface area contributed by atoms with Gasteiger partial charge in [-0.2, -0.15) is 16.4 Å². The number of hydrogen-bond donors (Lipinski definition) is 0. The van der Waals surface area contributed by atoms with Crippen LogP contribution in [0.1, 0.15) is 37.7 Å². The van der Waals surface area contributed by atoms with Gasteiger partial charge in [0.2, 0.25) is 0 Å². The lowest BCUT2D eigenvalue weighted by Crippen LogP contribution is -2.53. The third-order valence-electron chi connectivity index (χ3n) is 5.00. The van der Waals surface area contributed by atoms with Crippen LogP contribution >= 0.6 is 11.3 Å². The third-order valence-corrected chi connectivity index (χ3v) is 5.73. The largest absolute Gasteiger partial charge is 0.364 e. The average Bonchev–Trinajstić information content (AvgIpc) is 3.22. The second-order valence-corrected chi connectivity index (χ2v) is 7.99. The Hall–Kier alpha value is -1.77. The SMILES string of the molecule is CC(C)n1nc2n(c(=O)c1=O)C[C@@]1(CCN(Cc3ccsc3)C1)OC2. The highest BCUT2D eigenvalue weighted by atomic mass is 32.1. The summed E-state index contributed by atoms with van der Waals surface area (Å²) in [5.41, 5.74) is -0.135. The van der Waals surface area contributed by atoms with Gasteiger partial charge in [0.25, 0.3) is 0 Å². The lowest BCUT2D eigenvalue weighted by atomic mass is 10.0. The summed E-state index contributed by atoms with van der Waals surface area (Å²) in [5.74, 6) is 0.542. The molecule has 2 aliphatic heterocycles. The Balaban J connectivity index is 1.58. The van der Waals surface area contributed by atoms with Crippen molar-refractivity contribution < 1.29 is 4.74 Å². The molecular weight excluding hydrogens is 340 g/mol. The quantitative estimate of drug-likeness (QED) is 0.768. The lowest BCUT2D eigenvalue weighted by molar-refractivity contribution is -0.0860. The molecule has 1 fully saturated rings. The van der Waals surface area contributed by atoms with E-state index in [-0.39, 0.29) is 12.6 Å². The zero-order chi connectivity index (χ0) is 17.6. The average molecular weight is 362 g/mol. The third kappa shape index (κ3) is 2.98. The molecule has 2 aliphatic rings. The molecule has 1 spiro atoms. The molecule has 4 rings (SSSR count). The van der Waals surface area contributed by atoms with Gasteiger partial charge < -0.3 is 4.74 Å². The van der Waals surface area contributed by atoms with E-state index in [1.807, 2.05) is 13.8 Å². The van der Waals surface area contributed by atoms with Crippen molar-refractivity contribution in [3.05, 3.63) is 48.9 Å². The maximum atomic E-state index is 12.5. The zero-order valence-corrected chi connectivity index (χ0v) is 15.3. The van der Waals surface area contributed by atoms with Crippen molar-refractivity contribution in [1.29, 1.82) is 0 Å². The summed E-state index contributed by atoms with van der Waals surface area (Å²) in [6.07, 6.45) is 0.857. The molecule has 2 aromatic rings. The molecule has 134 valence electrons. The summed E-state index contributed by atoms with van der Waals surface area (Å²) in [6, 6.07) is 1.99. The van der Waals surface area contributed by atoms with Gasteiger partial charge >= 0.3 is 11.1 Å². The van der Waals surface area contributed by atoms with Crippen LogP contribution in [0.4, 0.5) is 0 Å². The van der Waals surface area contributed by atoms with Gasteiger partial charge in [-0.1, -0.05) is 0 Å². The summed E-state index contributed by atoms with van der Waals surface area (Å²) >= 11 is 1.70. The normalized spacial score (nSPS) is 23.5. The van der Waals surface area contributed by atoms with Crippen molar-refractivity contribution in [1.82, 2.24) is 19.2 Å². The highest BCUT2D eigenvalue weighted by Crippen LogP contribution is 2.32. The van der Waals surface area contributed by atoms with Gasteiger partial charge in [-0.05, 0) is 42.7 Å². The van der Waals surface area contributed by atoms with E-state index in [1.165, 1.54) is 14.8 Å². The van der Waals surface area contributed by atoms with Crippen molar-refractivity contribution in [3.8, 4) is 0 Å². The topological polar surface area (TPSA) is 69.4 Å². The standard InChI is InChI=1S/C17H22N4O3S/c1-12(2)21-16(23)15(22)20-11-17(24-8-14(20)18-21)4-5-19(10-17)7-13-3-6-25-9-13/h3,6,9,12H,4-5,7-8,10-11H2,1-2H3/t17-/m0/s1. The number of thiophene rings is 1. The Morgan fingerprint density at radius 2 is 2.16 bits per heavy atom. The van der Waals surface area contributed by atoms with Crippen LogP contribution in [-0.4, -0.2) is 37.9 Å². The smallest absolute Gasteiger partial charge is 0.332 e. The number of fused-ring (bicyclic) bond motifs is 1. The number of nitrogens with zero attached hydrogens (tertiary/aromatic N) is 4. The Bertz CT molecular complexity index is 886. The Kier molecular flexibility index (Phi) is 4.13. The second kappa shape index (κ2) is 6.19. The molecule has 4 heterocycles. The number of likely N-dealkylation sites (tertiary alicyclic amines) is 1. The van der Waals surface area contributed by atoms with E-state index in [0.717, 1.165) is 26.1 Å². The van der Waals surface area contributed by atoms with Crippen LogP contribution in [0.5, 0.6) is 0 Å². The highest BCUT2D eigenvalue weighted by Gasteiger charge is 2.43. The number of rotatable bonds is 3. The molecule has 1 saturated heterocycles. The van der Waals surface area contributed by atoms with Gasteiger partial charge in [-0.25, -0.2) is 4.68 Å². The number of aromatic nitrogens is 3. The van der Waals surface area contributed by atoms with Crippen LogP contribution in [0.25, 0.3) is 0 Å². The van der Waals surface area contributed by atoms with Gasteiger partial charge in [-0.3, -0.25) is 19.1 Å². The van der Waals surface area contributed by atoms with Crippen LogP contribution in [-0.2, 0) is 24.4 Å². The minimum absolute atomic E-state index is 0.144. The van der Waals surface area contributed by atoms with E-state index in [4.69, 9.17) is 4.74 Å².